The average Bonchev–Trinajstić information content (AvgIpc) is 2.37. The molecule has 22 heavy (non-hydrogen) atoms. The molecule has 2 rings (SSSR count). The van der Waals surface area contributed by atoms with Crippen LogP contribution in [0.1, 0.15) is 16.7 Å². The minimum atomic E-state index is -5.27. The molecule has 0 saturated carbocycles. The van der Waals surface area contributed by atoms with E-state index in [1.807, 2.05) is 0 Å². The van der Waals surface area contributed by atoms with Crippen LogP contribution in [0.4, 0.5) is 32.0 Å². The third kappa shape index (κ3) is 2.49. The van der Waals surface area contributed by atoms with E-state index in [1.54, 1.807) is 5.32 Å². The molecule has 1 amide bonds. The van der Waals surface area contributed by atoms with Crippen LogP contribution in [-0.2, 0) is 21.9 Å². The van der Waals surface area contributed by atoms with E-state index in [4.69, 9.17) is 5.21 Å². The van der Waals surface area contributed by atoms with Crippen LogP contribution >= 0.6 is 0 Å². The molecule has 1 aromatic rings. The quantitative estimate of drug-likeness (QED) is 0.333. The van der Waals surface area contributed by atoms with Gasteiger partial charge in [0.1, 0.15) is 0 Å². The number of hydrogen-bond acceptors (Lipinski definition) is 4. The molecule has 0 fully saturated rings. The normalized spacial score (nSPS) is 17.5. The topological polar surface area (TPSA) is 78.8 Å². The van der Waals surface area contributed by atoms with Gasteiger partial charge in [0, 0.05) is 5.56 Å². The standard InChI is InChI=1S/C11H4F6N2O3/c12-10(13,14)3-1-4(11(15,16)17)6-5(2-3)18-9(21)8(20)7(6)19-22/h1-2,22H,(H,18,21). The van der Waals surface area contributed by atoms with Crippen molar-refractivity contribution < 1.29 is 41.1 Å². The molecule has 1 aliphatic rings. The summed E-state index contributed by atoms with van der Waals surface area (Å²) in [6, 6.07) is -0.00510. The van der Waals surface area contributed by atoms with Gasteiger partial charge in [0.2, 0.25) is 0 Å². The lowest BCUT2D eigenvalue weighted by atomic mass is 9.92. The predicted octanol–water partition coefficient (Wildman–Crippen LogP) is 2.42. The molecule has 0 aromatic heterocycles. The number of anilines is 1. The Morgan fingerprint density at radius 1 is 1.00 bits per heavy atom. The van der Waals surface area contributed by atoms with Gasteiger partial charge in [0.15, 0.2) is 5.71 Å². The summed E-state index contributed by atoms with van der Waals surface area (Å²) >= 11 is 0. The van der Waals surface area contributed by atoms with E-state index < -0.39 is 52.1 Å². The average molecular weight is 326 g/mol. The van der Waals surface area contributed by atoms with Gasteiger partial charge in [0.25, 0.3) is 11.7 Å². The summed E-state index contributed by atoms with van der Waals surface area (Å²) in [5.74, 6) is -3.10. The van der Waals surface area contributed by atoms with Crippen LogP contribution in [-0.4, -0.2) is 22.6 Å². The fraction of sp³-hybridized carbons (Fsp3) is 0.182. The summed E-state index contributed by atoms with van der Waals surface area (Å²) in [4.78, 5) is 22.6. The Kier molecular flexibility index (Phi) is 3.38. The van der Waals surface area contributed by atoms with Crippen LogP contribution < -0.4 is 5.32 Å². The Bertz CT molecular complexity index is 705. The molecule has 1 heterocycles. The summed E-state index contributed by atoms with van der Waals surface area (Å²) in [6.45, 7) is 0. The number of benzene rings is 1. The van der Waals surface area contributed by atoms with E-state index in [0.717, 1.165) is 0 Å². The van der Waals surface area contributed by atoms with Crippen molar-refractivity contribution in [1.29, 1.82) is 0 Å². The number of nitrogens with one attached hydrogen (secondary N) is 1. The van der Waals surface area contributed by atoms with Crippen molar-refractivity contribution in [1.82, 2.24) is 0 Å². The number of amides is 1. The monoisotopic (exact) mass is 326 g/mol. The lowest BCUT2D eigenvalue weighted by molar-refractivity contribution is -0.143. The molecular weight excluding hydrogens is 322 g/mol. The van der Waals surface area contributed by atoms with Crippen LogP contribution in [0.15, 0.2) is 17.3 Å². The smallest absolute Gasteiger partial charge is 0.410 e. The van der Waals surface area contributed by atoms with Crippen LogP contribution in [0.5, 0.6) is 0 Å². The molecule has 1 aliphatic heterocycles. The Morgan fingerprint density at radius 3 is 2.05 bits per heavy atom. The summed E-state index contributed by atoms with van der Waals surface area (Å²) in [6.07, 6.45) is -10.4. The van der Waals surface area contributed by atoms with Crippen LogP contribution in [0.25, 0.3) is 0 Å². The molecule has 0 atom stereocenters. The largest absolute Gasteiger partial charge is 0.417 e. The molecule has 5 nitrogen and oxygen atoms in total. The highest BCUT2D eigenvalue weighted by Crippen LogP contribution is 2.41. The Morgan fingerprint density at radius 2 is 1.59 bits per heavy atom. The van der Waals surface area contributed by atoms with E-state index in [1.165, 1.54) is 0 Å². The first-order chi connectivity index (χ1) is 9.96. The van der Waals surface area contributed by atoms with Gasteiger partial charge < -0.3 is 10.5 Å². The molecular formula is C11H4F6N2O3. The van der Waals surface area contributed by atoms with Gasteiger partial charge in [-0.05, 0) is 12.1 Å². The number of Topliss-reactive ketones (excluding diaryl/α,β-unsaturated/α-hetero) is 1. The molecule has 2 N–H and O–H groups in total. The SMILES string of the molecule is O=C1Nc2cc(C(F)(F)F)cc(C(F)(F)F)c2C(=NO)C1=O. The Labute approximate surface area is 117 Å². The number of hydrogen-bond donors (Lipinski definition) is 2. The third-order valence-corrected chi connectivity index (χ3v) is 2.78. The number of halogens is 6. The minimum absolute atomic E-state index is 0.222. The molecule has 0 unspecified atom stereocenters. The van der Waals surface area contributed by atoms with Crippen LogP contribution in [0, 0.1) is 0 Å². The number of fused-ring (bicyclic) bond motifs is 1. The predicted molar refractivity (Wildman–Crippen MR) is 58.4 cm³/mol. The molecule has 0 aliphatic carbocycles. The van der Waals surface area contributed by atoms with E-state index in [2.05, 4.69) is 5.16 Å². The number of alkyl halides is 6. The minimum Gasteiger partial charge on any atom is -0.410 e. The fourth-order valence-electron chi connectivity index (χ4n) is 1.88. The van der Waals surface area contributed by atoms with Gasteiger partial charge in [-0.25, -0.2) is 0 Å². The highest BCUT2D eigenvalue weighted by atomic mass is 19.4. The van der Waals surface area contributed by atoms with Crippen molar-refractivity contribution in [3.8, 4) is 0 Å². The first-order valence-corrected chi connectivity index (χ1v) is 5.37. The van der Waals surface area contributed by atoms with Crippen molar-refractivity contribution in [2.75, 3.05) is 5.32 Å². The van der Waals surface area contributed by atoms with Crippen molar-refractivity contribution in [2.24, 2.45) is 5.16 Å². The van der Waals surface area contributed by atoms with Crippen molar-refractivity contribution in [3.05, 3.63) is 28.8 Å². The number of carbonyl (C=O) groups excluding carboxylic acids is 2. The maximum atomic E-state index is 12.9. The van der Waals surface area contributed by atoms with Gasteiger partial charge in [-0.3, -0.25) is 9.59 Å². The molecule has 11 heteroatoms. The Balaban J connectivity index is 2.86. The van der Waals surface area contributed by atoms with E-state index in [9.17, 15) is 35.9 Å². The second kappa shape index (κ2) is 4.71. The molecule has 0 spiro atoms. The molecule has 0 bridgehead atoms. The second-order valence-electron chi connectivity index (χ2n) is 4.17. The highest BCUT2D eigenvalue weighted by molar-refractivity contribution is 6.72. The lowest BCUT2D eigenvalue weighted by Gasteiger charge is -2.23. The number of rotatable bonds is 0. The maximum absolute atomic E-state index is 12.9. The fourth-order valence-corrected chi connectivity index (χ4v) is 1.88. The van der Waals surface area contributed by atoms with Crippen molar-refractivity contribution >= 4 is 23.1 Å². The first-order valence-electron chi connectivity index (χ1n) is 5.37. The summed E-state index contributed by atoms with van der Waals surface area (Å²) in [5, 5.41) is 12.6. The first kappa shape index (κ1) is 15.8. The highest BCUT2D eigenvalue weighted by Gasteiger charge is 2.44. The zero-order valence-electron chi connectivity index (χ0n) is 10.1. The summed E-state index contributed by atoms with van der Waals surface area (Å²) < 4.78 is 76.8. The zero-order chi connectivity index (χ0) is 16.9. The zero-order valence-corrected chi connectivity index (χ0v) is 10.1. The third-order valence-electron chi connectivity index (χ3n) is 2.78. The summed E-state index contributed by atoms with van der Waals surface area (Å²) in [5.41, 5.74) is -6.84. The lowest BCUT2D eigenvalue weighted by Crippen LogP contribution is -2.38. The van der Waals surface area contributed by atoms with E-state index in [0.29, 0.717) is 0 Å². The van der Waals surface area contributed by atoms with Crippen molar-refractivity contribution in [2.45, 2.75) is 12.4 Å². The number of carbonyl (C=O) groups is 2. The number of nitrogens with zero attached hydrogens (tertiary/aromatic N) is 1. The van der Waals surface area contributed by atoms with Crippen LogP contribution in [0.3, 0.4) is 0 Å². The van der Waals surface area contributed by atoms with E-state index in [-0.39, 0.29) is 12.1 Å². The van der Waals surface area contributed by atoms with Gasteiger partial charge in [-0.15, -0.1) is 0 Å². The number of oxime groups is 1. The summed E-state index contributed by atoms with van der Waals surface area (Å²) in [7, 11) is 0. The van der Waals surface area contributed by atoms with Gasteiger partial charge in [-0.2, -0.15) is 26.3 Å². The molecule has 118 valence electrons. The molecule has 1 aromatic carbocycles. The second-order valence-corrected chi connectivity index (χ2v) is 4.17. The molecule has 0 saturated heterocycles. The van der Waals surface area contributed by atoms with Gasteiger partial charge in [-0.1, -0.05) is 5.16 Å². The Hall–Kier alpha value is -2.59. The van der Waals surface area contributed by atoms with Gasteiger partial charge in [0.05, 0.1) is 16.8 Å². The van der Waals surface area contributed by atoms with Gasteiger partial charge >= 0.3 is 12.4 Å². The number of ketones is 1. The van der Waals surface area contributed by atoms with Crippen LogP contribution in [0.2, 0.25) is 0 Å². The van der Waals surface area contributed by atoms with Crippen molar-refractivity contribution in [3.63, 3.8) is 0 Å². The van der Waals surface area contributed by atoms with E-state index >= 15 is 0 Å². The molecule has 0 radical (unpaired) electrons. The maximum Gasteiger partial charge on any atom is 0.417 e.